The molecule has 7 heteroatoms. The van der Waals surface area contributed by atoms with Crippen LogP contribution < -0.4 is 0 Å². The first-order valence-electron chi connectivity index (χ1n) is 5.77. The fraction of sp³-hybridized carbons (Fsp3) is 0.500. The Balaban J connectivity index is 3.40. The normalized spacial score (nSPS) is 13.8. The zero-order valence-corrected chi connectivity index (χ0v) is 12.5. The molecule has 0 bridgehead atoms. The van der Waals surface area contributed by atoms with Gasteiger partial charge in [-0.25, -0.2) is 17.2 Å². The molecule has 3 nitrogen and oxygen atoms in total. The molecule has 0 saturated carbocycles. The van der Waals surface area contributed by atoms with Crippen molar-refractivity contribution in [2.75, 3.05) is 7.05 Å². The van der Waals surface area contributed by atoms with Crippen LogP contribution in [0.15, 0.2) is 17.0 Å². The number of hydrogen-bond acceptors (Lipinski definition) is 2. The minimum Gasteiger partial charge on any atom is -0.207 e. The lowest BCUT2D eigenvalue weighted by atomic mass is 10.2. The van der Waals surface area contributed by atoms with Crippen LogP contribution in [0.4, 0.5) is 8.78 Å². The van der Waals surface area contributed by atoms with Crippen molar-refractivity contribution in [2.45, 2.75) is 37.1 Å². The minimum atomic E-state index is -4.08. The van der Waals surface area contributed by atoms with Crippen LogP contribution in [0.25, 0.3) is 0 Å². The van der Waals surface area contributed by atoms with Crippen molar-refractivity contribution < 1.29 is 17.2 Å². The van der Waals surface area contributed by atoms with E-state index in [2.05, 4.69) is 0 Å². The summed E-state index contributed by atoms with van der Waals surface area (Å²) in [6.45, 7) is 3.50. The molecule has 0 aromatic heterocycles. The lowest BCUT2D eigenvalue weighted by Crippen LogP contribution is -2.35. The van der Waals surface area contributed by atoms with E-state index in [1.807, 2.05) is 6.92 Å². The van der Waals surface area contributed by atoms with E-state index in [-0.39, 0.29) is 17.5 Å². The predicted molar refractivity (Wildman–Crippen MR) is 70.6 cm³/mol. The summed E-state index contributed by atoms with van der Waals surface area (Å²) in [7, 11) is -2.73. The summed E-state index contributed by atoms with van der Waals surface area (Å²) in [6.07, 6.45) is 0.565. The third-order valence-corrected chi connectivity index (χ3v) is 5.36. The van der Waals surface area contributed by atoms with E-state index in [1.165, 1.54) is 7.05 Å². The van der Waals surface area contributed by atoms with Gasteiger partial charge in [-0.3, -0.25) is 0 Å². The van der Waals surface area contributed by atoms with Crippen LogP contribution in [0.2, 0.25) is 0 Å². The number of sulfonamides is 1. The van der Waals surface area contributed by atoms with Gasteiger partial charge in [-0.15, -0.1) is 11.6 Å². The van der Waals surface area contributed by atoms with Crippen LogP contribution >= 0.6 is 11.6 Å². The predicted octanol–water partition coefficient (Wildman–Crippen LogP) is 3.12. The second-order valence-electron chi connectivity index (χ2n) is 4.30. The van der Waals surface area contributed by atoms with E-state index in [0.29, 0.717) is 6.42 Å². The Morgan fingerprint density at radius 3 is 2.42 bits per heavy atom. The Kier molecular flexibility index (Phi) is 5.29. The van der Waals surface area contributed by atoms with Crippen molar-refractivity contribution in [1.29, 1.82) is 0 Å². The molecule has 1 rings (SSSR count). The molecule has 0 N–H and O–H groups in total. The molecule has 0 radical (unpaired) electrons. The number of nitrogens with zero attached hydrogens (tertiary/aromatic N) is 1. The van der Waals surface area contributed by atoms with Crippen LogP contribution in [0.1, 0.15) is 25.8 Å². The Hall–Kier alpha value is -0.720. The van der Waals surface area contributed by atoms with Gasteiger partial charge in [0.2, 0.25) is 10.0 Å². The highest BCUT2D eigenvalue weighted by molar-refractivity contribution is 7.89. The number of benzene rings is 1. The molecule has 19 heavy (non-hydrogen) atoms. The van der Waals surface area contributed by atoms with Gasteiger partial charge in [0.25, 0.3) is 0 Å². The number of alkyl halides is 1. The molecular weight excluding hydrogens is 296 g/mol. The number of halogens is 3. The van der Waals surface area contributed by atoms with Gasteiger partial charge in [0.1, 0.15) is 4.90 Å². The van der Waals surface area contributed by atoms with Crippen molar-refractivity contribution in [3.63, 3.8) is 0 Å². The Morgan fingerprint density at radius 2 is 1.95 bits per heavy atom. The average molecular weight is 312 g/mol. The van der Waals surface area contributed by atoms with Crippen molar-refractivity contribution in [3.8, 4) is 0 Å². The smallest absolute Gasteiger partial charge is 0.207 e. The van der Waals surface area contributed by atoms with E-state index >= 15 is 0 Å². The van der Waals surface area contributed by atoms with Gasteiger partial charge >= 0.3 is 0 Å². The van der Waals surface area contributed by atoms with Gasteiger partial charge in [-0.1, -0.05) is 6.92 Å². The van der Waals surface area contributed by atoms with Gasteiger partial charge < -0.3 is 0 Å². The first kappa shape index (κ1) is 16.3. The Morgan fingerprint density at radius 1 is 1.37 bits per heavy atom. The maximum absolute atomic E-state index is 13.7. The molecule has 1 atom stereocenters. The van der Waals surface area contributed by atoms with Crippen LogP contribution in [0.3, 0.4) is 0 Å². The van der Waals surface area contributed by atoms with Gasteiger partial charge in [-0.2, -0.15) is 4.31 Å². The topological polar surface area (TPSA) is 37.4 Å². The molecule has 108 valence electrons. The molecule has 0 amide bonds. The number of rotatable bonds is 5. The first-order valence-corrected chi connectivity index (χ1v) is 7.75. The van der Waals surface area contributed by atoms with E-state index in [1.54, 1.807) is 6.92 Å². The van der Waals surface area contributed by atoms with Crippen molar-refractivity contribution >= 4 is 21.6 Å². The minimum absolute atomic E-state index is 0.0905. The van der Waals surface area contributed by atoms with Crippen molar-refractivity contribution in [2.24, 2.45) is 0 Å². The molecule has 0 spiro atoms. The SMILES string of the molecule is CCC(C)N(C)S(=O)(=O)c1cc(CCl)cc(F)c1F. The number of hydrogen-bond donors (Lipinski definition) is 0. The quantitative estimate of drug-likeness (QED) is 0.784. The maximum atomic E-state index is 13.7. The monoisotopic (exact) mass is 311 g/mol. The van der Waals surface area contributed by atoms with E-state index in [4.69, 9.17) is 11.6 Å². The first-order chi connectivity index (χ1) is 8.75. The van der Waals surface area contributed by atoms with Crippen LogP contribution in [0.5, 0.6) is 0 Å². The molecule has 0 fully saturated rings. The third kappa shape index (κ3) is 3.24. The molecule has 0 aliphatic heterocycles. The average Bonchev–Trinajstić information content (AvgIpc) is 2.39. The molecular formula is C12H16ClF2NO2S. The standard InChI is InChI=1S/C12H16ClF2NO2S/c1-4-8(2)16(3)19(17,18)11-6-9(7-13)5-10(14)12(11)15/h5-6,8H,4,7H2,1-3H3. The molecule has 0 saturated heterocycles. The molecule has 1 aromatic carbocycles. The highest BCUT2D eigenvalue weighted by Crippen LogP contribution is 2.25. The van der Waals surface area contributed by atoms with Crippen LogP contribution in [-0.2, 0) is 15.9 Å². The summed E-state index contributed by atoms with van der Waals surface area (Å²) in [6, 6.07) is 1.65. The summed E-state index contributed by atoms with van der Waals surface area (Å²) in [5.74, 6) is -2.68. The van der Waals surface area contributed by atoms with Crippen molar-refractivity contribution in [1.82, 2.24) is 4.31 Å². The Labute approximate surface area is 117 Å². The highest BCUT2D eigenvalue weighted by Gasteiger charge is 2.29. The van der Waals surface area contributed by atoms with Crippen LogP contribution in [-0.4, -0.2) is 25.8 Å². The largest absolute Gasteiger partial charge is 0.246 e. The zero-order valence-electron chi connectivity index (χ0n) is 11.0. The summed E-state index contributed by atoms with van der Waals surface area (Å²) in [5, 5.41) is 0. The molecule has 0 aliphatic rings. The highest BCUT2D eigenvalue weighted by atomic mass is 35.5. The van der Waals surface area contributed by atoms with Crippen LogP contribution in [0, 0.1) is 11.6 Å². The summed E-state index contributed by atoms with van der Waals surface area (Å²) in [5.41, 5.74) is 0.219. The maximum Gasteiger partial charge on any atom is 0.246 e. The lowest BCUT2D eigenvalue weighted by molar-refractivity contribution is 0.376. The van der Waals surface area contributed by atoms with E-state index < -0.39 is 26.6 Å². The summed E-state index contributed by atoms with van der Waals surface area (Å²) < 4.78 is 52.6. The fourth-order valence-electron chi connectivity index (χ4n) is 1.53. The zero-order chi connectivity index (χ0) is 14.8. The lowest BCUT2D eigenvalue weighted by Gasteiger charge is -2.23. The fourth-order valence-corrected chi connectivity index (χ4v) is 3.24. The second-order valence-corrected chi connectivity index (χ2v) is 6.54. The molecule has 1 aromatic rings. The summed E-state index contributed by atoms with van der Waals surface area (Å²) in [4.78, 5) is -0.675. The molecule has 0 heterocycles. The van der Waals surface area contributed by atoms with Gasteiger partial charge in [-0.05, 0) is 31.0 Å². The molecule has 1 unspecified atom stereocenters. The van der Waals surface area contributed by atoms with Gasteiger partial charge in [0.05, 0.1) is 0 Å². The van der Waals surface area contributed by atoms with Gasteiger partial charge in [0, 0.05) is 19.0 Å². The second kappa shape index (κ2) is 6.15. The molecule has 0 aliphatic carbocycles. The van der Waals surface area contributed by atoms with E-state index in [0.717, 1.165) is 16.4 Å². The Bertz CT molecular complexity index is 563. The third-order valence-electron chi connectivity index (χ3n) is 3.08. The van der Waals surface area contributed by atoms with Crippen molar-refractivity contribution in [3.05, 3.63) is 29.3 Å². The summed E-state index contributed by atoms with van der Waals surface area (Å²) >= 11 is 5.55. The van der Waals surface area contributed by atoms with E-state index in [9.17, 15) is 17.2 Å². The van der Waals surface area contributed by atoms with Gasteiger partial charge in [0.15, 0.2) is 11.6 Å².